The molecule has 0 saturated carbocycles. The fraction of sp³-hybridized carbons (Fsp3) is 0.241. The minimum Gasteiger partial charge on any atom is -0.393 e. The molecule has 39 heavy (non-hydrogen) atoms. The van der Waals surface area contributed by atoms with E-state index in [9.17, 15) is 18.0 Å². The highest BCUT2D eigenvalue weighted by Gasteiger charge is 2.21. The molecule has 0 aliphatic heterocycles. The van der Waals surface area contributed by atoms with Crippen molar-refractivity contribution in [3.05, 3.63) is 78.4 Å². The summed E-state index contributed by atoms with van der Waals surface area (Å²) in [7, 11) is -3.84. The Kier molecular flexibility index (Phi) is 7.96. The number of amides is 2. The summed E-state index contributed by atoms with van der Waals surface area (Å²) >= 11 is 0. The summed E-state index contributed by atoms with van der Waals surface area (Å²) < 4.78 is 34.5. The molecule has 9 nitrogen and oxygen atoms in total. The van der Waals surface area contributed by atoms with E-state index in [2.05, 4.69) is 41.1 Å². The lowest BCUT2D eigenvalue weighted by Crippen LogP contribution is -2.35. The highest BCUT2D eigenvalue weighted by molar-refractivity contribution is 7.92. The highest BCUT2D eigenvalue weighted by Crippen LogP contribution is 2.39. The van der Waals surface area contributed by atoms with Crippen LogP contribution in [0.4, 0.5) is 10.5 Å². The van der Waals surface area contributed by atoms with Crippen molar-refractivity contribution >= 4 is 38.6 Å². The SMILES string of the molecule is CC(=O)NCCNC(=O)Oc1[nH]c2ccc(NS(=O)(=O)c3ccc(C(C)(C)C)cc3)cc2c1-c1ccccc1. The molecule has 0 bridgehead atoms. The minimum absolute atomic E-state index is 0.0923. The first kappa shape index (κ1) is 27.7. The normalized spacial score (nSPS) is 11.7. The van der Waals surface area contributed by atoms with Gasteiger partial charge in [0.15, 0.2) is 0 Å². The van der Waals surface area contributed by atoms with Crippen molar-refractivity contribution in [2.45, 2.75) is 38.0 Å². The summed E-state index contributed by atoms with van der Waals surface area (Å²) in [4.78, 5) is 26.8. The van der Waals surface area contributed by atoms with E-state index < -0.39 is 16.1 Å². The second kappa shape index (κ2) is 11.2. The zero-order chi connectivity index (χ0) is 28.2. The smallest absolute Gasteiger partial charge is 0.393 e. The van der Waals surface area contributed by atoms with Gasteiger partial charge >= 0.3 is 6.09 Å². The number of rotatable bonds is 8. The summed E-state index contributed by atoms with van der Waals surface area (Å²) in [6.45, 7) is 8.06. The molecule has 0 saturated heterocycles. The lowest BCUT2D eigenvalue weighted by molar-refractivity contribution is -0.118. The Labute approximate surface area is 228 Å². The lowest BCUT2D eigenvalue weighted by Gasteiger charge is -2.19. The second-order valence-corrected chi connectivity index (χ2v) is 11.8. The number of H-pyrrole nitrogens is 1. The molecule has 204 valence electrons. The Hall–Kier alpha value is -4.31. The van der Waals surface area contributed by atoms with E-state index in [1.807, 2.05) is 42.5 Å². The topological polar surface area (TPSA) is 129 Å². The number of aromatic nitrogens is 1. The van der Waals surface area contributed by atoms with E-state index >= 15 is 0 Å². The number of ether oxygens (including phenoxy) is 1. The van der Waals surface area contributed by atoms with Crippen LogP contribution in [-0.4, -0.2) is 38.5 Å². The summed E-state index contributed by atoms with van der Waals surface area (Å²) in [5, 5.41) is 5.86. The van der Waals surface area contributed by atoms with Crippen LogP contribution < -0.4 is 20.1 Å². The predicted octanol–water partition coefficient (Wildman–Crippen LogP) is 5.16. The summed E-state index contributed by atoms with van der Waals surface area (Å²) in [6.07, 6.45) is -0.691. The third-order valence-corrected chi connectivity index (χ3v) is 7.47. The molecule has 4 rings (SSSR count). The number of carbonyl (C=O) groups excluding carboxylic acids is 2. The van der Waals surface area contributed by atoms with Crippen molar-refractivity contribution in [2.75, 3.05) is 17.8 Å². The number of nitrogens with one attached hydrogen (secondary N) is 4. The number of carbonyl (C=O) groups is 2. The number of aromatic amines is 1. The molecular weight excluding hydrogens is 516 g/mol. The van der Waals surface area contributed by atoms with Gasteiger partial charge in [0.1, 0.15) is 0 Å². The molecule has 2 amide bonds. The Morgan fingerprint density at radius 2 is 1.56 bits per heavy atom. The van der Waals surface area contributed by atoms with Crippen LogP contribution in [-0.2, 0) is 20.2 Å². The Bertz CT molecular complexity index is 1590. The minimum atomic E-state index is -3.84. The largest absolute Gasteiger partial charge is 0.413 e. The fourth-order valence-corrected chi connectivity index (χ4v) is 5.13. The molecule has 1 aromatic heterocycles. The van der Waals surface area contributed by atoms with Crippen molar-refractivity contribution in [1.29, 1.82) is 0 Å². The van der Waals surface area contributed by atoms with E-state index in [0.717, 1.165) is 11.1 Å². The maximum absolute atomic E-state index is 13.1. The van der Waals surface area contributed by atoms with Crippen LogP contribution in [0, 0.1) is 0 Å². The van der Waals surface area contributed by atoms with Crippen LogP contribution >= 0.6 is 0 Å². The molecule has 0 radical (unpaired) electrons. The van der Waals surface area contributed by atoms with Crippen LogP contribution in [0.5, 0.6) is 5.88 Å². The molecular formula is C29H32N4O5S. The lowest BCUT2D eigenvalue weighted by atomic mass is 9.87. The Balaban J connectivity index is 1.63. The molecule has 0 atom stereocenters. The fourth-order valence-electron chi connectivity index (χ4n) is 4.08. The van der Waals surface area contributed by atoms with Gasteiger partial charge in [-0.25, -0.2) is 13.2 Å². The molecule has 0 aliphatic carbocycles. The molecule has 1 heterocycles. The quantitative estimate of drug-likeness (QED) is 0.226. The number of anilines is 1. The van der Waals surface area contributed by atoms with Gasteiger partial charge in [0.05, 0.1) is 10.5 Å². The number of sulfonamides is 1. The first-order chi connectivity index (χ1) is 18.4. The van der Waals surface area contributed by atoms with Crippen LogP contribution in [0.2, 0.25) is 0 Å². The first-order valence-corrected chi connectivity index (χ1v) is 14.0. The van der Waals surface area contributed by atoms with Gasteiger partial charge in [-0.1, -0.05) is 63.2 Å². The van der Waals surface area contributed by atoms with E-state index in [1.165, 1.54) is 6.92 Å². The molecule has 0 unspecified atom stereocenters. The zero-order valence-corrected chi connectivity index (χ0v) is 23.1. The van der Waals surface area contributed by atoms with Gasteiger partial charge in [0.2, 0.25) is 11.8 Å². The first-order valence-electron chi connectivity index (χ1n) is 12.5. The predicted molar refractivity (Wildman–Crippen MR) is 152 cm³/mol. The number of hydrogen-bond acceptors (Lipinski definition) is 5. The van der Waals surface area contributed by atoms with E-state index in [0.29, 0.717) is 22.2 Å². The third kappa shape index (κ3) is 6.77. The standard InChI is InChI=1S/C29H32N4O5S/c1-19(34)30-16-17-31-28(35)38-27-26(20-8-6-5-7-9-20)24-18-22(12-15-25(24)32-27)33-39(36,37)23-13-10-21(11-14-23)29(2,3)4/h5-15,18,32-33H,16-17H2,1-4H3,(H,30,34)(H,31,35). The average molecular weight is 549 g/mol. The molecule has 4 N–H and O–H groups in total. The van der Waals surface area contributed by atoms with E-state index in [4.69, 9.17) is 4.74 Å². The number of hydrogen-bond donors (Lipinski definition) is 4. The van der Waals surface area contributed by atoms with Crippen LogP contribution in [0.25, 0.3) is 22.0 Å². The maximum atomic E-state index is 13.1. The molecule has 0 spiro atoms. The molecule has 3 aromatic carbocycles. The van der Waals surface area contributed by atoms with Crippen molar-refractivity contribution in [3.8, 4) is 17.0 Å². The van der Waals surface area contributed by atoms with Gasteiger partial charge in [-0.05, 0) is 46.9 Å². The van der Waals surface area contributed by atoms with E-state index in [-0.39, 0.29) is 35.2 Å². The molecule has 0 fully saturated rings. The highest BCUT2D eigenvalue weighted by atomic mass is 32.2. The molecule has 4 aromatic rings. The summed E-state index contributed by atoms with van der Waals surface area (Å²) in [5.41, 5.74) is 3.36. The Morgan fingerprint density at radius 3 is 2.21 bits per heavy atom. The number of benzene rings is 3. The second-order valence-electron chi connectivity index (χ2n) is 10.1. The average Bonchev–Trinajstić information content (AvgIpc) is 3.23. The van der Waals surface area contributed by atoms with Crippen LogP contribution in [0.15, 0.2) is 77.7 Å². The third-order valence-electron chi connectivity index (χ3n) is 6.07. The zero-order valence-electron chi connectivity index (χ0n) is 22.3. The maximum Gasteiger partial charge on any atom is 0.413 e. The van der Waals surface area contributed by atoms with Crippen molar-refractivity contribution < 1.29 is 22.7 Å². The van der Waals surface area contributed by atoms with Gasteiger partial charge in [-0.15, -0.1) is 0 Å². The van der Waals surface area contributed by atoms with Crippen molar-refractivity contribution in [3.63, 3.8) is 0 Å². The van der Waals surface area contributed by atoms with Gasteiger partial charge < -0.3 is 20.4 Å². The summed E-state index contributed by atoms with van der Waals surface area (Å²) in [5.74, 6) is 0.0199. The van der Waals surface area contributed by atoms with Gasteiger partial charge in [-0.2, -0.15) is 0 Å². The molecule has 0 aliphatic rings. The van der Waals surface area contributed by atoms with Crippen molar-refractivity contribution in [2.24, 2.45) is 0 Å². The Morgan fingerprint density at radius 1 is 0.897 bits per heavy atom. The van der Waals surface area contributed by atoms with Gasteiger partial charge in [0.25, 0.3) is 10.0 Å². The van der Waals surface area contributed by atoms with Crippen LogP contribution in [0.3, 0.4) is 0 Å². The van der Waals surface area contributed by atoms with Gasteiger partial charge in [0, 0.05) is 36.6 Å². The van der Waals surface area contributed by atoms with Gasteiger partial charge in [-0.3, -0.25) is 9.52 Å². The summed E-state index contributed by atoms with van der Waals surface area (Å²) in [6, 6.07) is 21.3. The molecule has 10 heteroatoms. The number of fused-ring (bicyclic) bond motifs is 1. The monoisotopic (exact) mass is 548 g/mol. The van der Waals surface area contributed by atoms with Crippen molar-refractivity contribution in [1.82, 2.24) is 15.6 Å². The van der Waals surface area contributed by atoms with Crippen LogP contribution in [0.1, 0.15) is 33.3 Å². The van der Waals surface area contributed by atoms with E-state index in [1.54, 1.807) is 30.3 Å².